The summed E-state index contributed by atoms with van der Waals surface area (Å²) in [6.45, 7) is 1.97. The number of rotatable bonds is 4. The van der Waals surface area contributed by atoms with Crippen LogP contribution in [-0.4, -0.2) is 17.9 Å². The lowest BCUT2D eigenvalue weighted by Gasteiger charge is -2.03. The molecule has 0 saturated heterocycles. The fourth-order valence-corrected chi connectivity index (χ4v) is 1.55. The minimum atomic E-state index is -0.213. The summed E-state index contributed by atoms with van der Waals surface area (Å²) >= 11 is 0. The smallest absolute Gasteiger partial charge is 0.233 e. The number of methoxy groups -OCH3 is 1. The molecule has 0 bridgehead atoms. The van der Waals surface area contributed by atoms with Crippen molar-refractivity contribution >= 4 is 5.78 Å². The Labute approximate surface area is 99.2 Å². The summed E-state index contributed by atoms with van der Waals surface area (Å²) in [5.41, 5.74) is 0.409. The van der Waals surface area contributed by atoms with E-state index in [2.05, 4.69) is 4.98 Å². The third-order valence-electron chi connectivity index (χ3n) is 2.44. The summed E-state index contributed by atoms with van der Waals surface area (Å²) < 4.78 is 10.5. The SMILES string of the molecule is CCc1ccc(C(=O)c2cccnc2OC)o1. The predicted molar refractivity (Wildman–Crippen MR) is 62.3 cm³/mol. The molecular weight excluding hydrogens is 218 g/mol. The highest BCUT2D eigenvalue weighted by molar-refractivity contribution is 6.08. The fourth-order valence-electron chi connectivity index (χ4n) is 1.55. The zero-order valence-corrected chi connectivity index (χ0v) is 9.77. The standard InChI is InChI=1S/C13H13NO3/c1-3-9-6-7-11(17-9)12(15)10-5-4-8-14-13(10)16-2/h4-8H,3H2,1-2H3. The van der Waals surface area contributed by atoms with Crippen LogP contribution in [0.15, 0.2) is 34.9 Å². The number of nitrogens with zero attached hydrogens (tertiary/aromatic N) is 1. The largest absolute Gasteiger partial charge is 0.480 e. The van der Waals surface area contributed by atoms with Gasteiger partial charge in [-0.1, -0.05) is 6.92 Å². The maximum absolute atomic E-state index is 12.1. The molecule has 0 aliphatic carbocycles. The molecule has 88 valence electrons. The Balaban J connectivity index is 2.36. The summed E-state index contributed by atoms with van der Waals surface area (Å²) in [5.74, 6) is 1.20. The van der Waals surface area contributed by atoms with E-state index in [1.54, 1.807) is 30.5 Å². The maximum atomic E-state index is 12.1. The van der Waals surface area contributed by atoms with Crippen LogP contribution in [0.4, 0.5) is 0 Å². The molecule has 2 aromatic heterocycles. The molecule has 4 nitrogen and oxygen atoms in total. The van der Waals surface area contributed by atoms with Crippen molar-refractivity contribution in [3.63, 3.8) is 0 Å². The second-order valence-corrected chi connectivity index (χ2v) is 3.51. The number of aromatic nitrogens is 1. The minimum absolute atomic E-state index is 0.213. The lowest BCUT2D eigenvalue weighted by Crippen LogP contribution is -2.03. The van der Waals surface area contributed by atoms with Crippen molar-refractivity contribution in [3.05, 3.63) is 47.5 Å². The molecule has 0 aromatic carbocycles. The van der Waals surface area contributed by atoms with Gasteiger partial charge in [0.25, 0.3) is 0 Å². The zero-order valence-electron chi connectivity index (χ0n) is 9.77. The number of pyridine rings is 1. The molecule has 0 amide bonds. The first-order valence-corrected chi connectivity index (χ1v) is 5.38. The molecule has 17 heavy (non-hydrogen) atoms. The molecule has 4 heteroatoms. The van der Waals surface area contributed by atoms with Crippen LogP contribution < -0.4 is 4.74 Å². The molecule has 0 N–H and O–H groups in total. The van der Waals surface area contributed by atoms with Crippen molar-refractivity contribution in [2.75, 3.05) is 7.11 Å². The number of hydrogen-bond acceptors (Lipinski definition) is 4. The summed E-state index contributed by atoms with van der Waals surface area (Å²) in [6.07, 6.45) is 2.34. The third-order valence-corrected chi connectivity index (χ3v) is 2.44. The Bertz CT molecular complexity index is 531. The predicted octanol–water partition coefficient (Wildman–Crippen LogP) is 2.48. The monoisotopic (exact) mass is 231 g/mol. The van der Waals surface area contributed by atoms with Gasteiger partial charge in [0.2, 0.25) is 11.7 Å². The van der Waals surface area contributed by atoms with E-state index in [9.17, 15) is 4.79 Å². The normalized spacial score (nSPS) is 10.2. The lowest BCUT2D eigenvalue weighted by molar-refractivity contribution is 0.100. The third kappa shape index (κ3) is 2.20. The molecular formula is C13H13NO3. The van der Waals surface area contributed by atoms with Crippen molar-refractivity contribution < 1.29 is 13.9 Å². The molecule has 0 saturated carbocycles. The average Bonchev–Trinajstić information content (AvgIpc) is 2.86. The average molecular weight is 231 g/mol. The van der Waals surface area contributed by atoms with Crippen molar-refractivity contribution in [1.29, 1.82) is 0 Å². The highest BCUT2D eigenvalue weighted by Crippen LogP contribution is 2.20. The van der Waals surface area contributed by atoms with Gasteiger partial charge in [-0.15, -0.1) is 0 Å². The number of ketones is 1. The summed E-state index contributed by atoms with van der Waals surface area (Å²) in [4.78, 5) is 16.1. The number of hydrogen-bond donors (Lipinski definition) is 0. The van der Waals surface area contributed by atoms with E-state index in [1.165, 1.54) is 7.11 Å². The van der Waals surface area contributed by atoms with Crippen LogP contribution >= 0.6 is 0 Å². The Kier molecular flexibility index (Phi) is 3.23. The van der Waals surface area contributed by atoms with Crippen molar-refractivity contribution in [3.8, 4) is 5.88 Å². The van der Waals surface area contributed by atoms with E-state index in [1.807, 2.05) is 6.92 Å². The molecule has 0 spiro atoms. The van der Waals surface area contributed by atoms with Crippen molar-refractivity contribution in [2.24, 2.45) is 0 Å². The second kappa shape index (κ2) is 4.82. The number of furan rings is 1. The van der Waals surface area contributed by atoms with Crippen LogP contribution in [0, 0.1) is 0 Å². The Hall–Kier alpha value is -2.10. The summed E-state index contributed by atoms with van der Waals surface area (Å²) in [7, 11) is 1.48. The molecule has 0 aliphatic heterocycles. The van der Waals surface area contributed by atoms with Crippen LogP contribution in [0.1, 0.15) is 28.8 Å². The molecule has 2 heterocycles. The first-order chi connectivity index (χ1) is 8.26. The van der Waals surface area contributed by atoms with Gasteiger partial charge in [-0.3, -0.25) is 4.79 Å². The number of ether oxygens (including phenoxy) is 1. The molecule has 0 radical (unpaired) electrons. The van der Waals surface area contributed by atoms with Gasteiger partial charge >= 0.3 is 0 Å². The minimum Gasteiger partial charge on any atom is -0.480 e. The van der Waals surface area contributed by atoms with Crippen molar-refractivity contribution in [1.82, 2.24) is 4.98 Å². The van der Waals surface area contributed by atoms with Gasteiger partial charge in [0.1, 0.15) is 5.76 Å². The van der Waals surface area contributed by atoms with Gasteiger partial charge in [-0.2, -0.15) is 0 Å². The topological polar surface area (TPSA) is 52.3 Å². The molecule has 0 fully saturated rings. The highest BCUT2D eigenvalue weighted by Gasteiger charge is 2.18. The fraction of sp³-hybridized carbons (Fsp3) is 0.231. The van der Waals surface area contributed by atoms with Crippen LogP contribution in [0.2, 0.25) is 0 Å². The van der Waals surface area contributed by atoms with E-state index in [-0.39, 0.29) is 5.78 Å². The van der Waals surface area contributed by atoms with Crippen LogP contribution in [0.5, 0.6) is 5.88 Å². The molecule has 2 rings (SSSR count). The quantitative estimate of drug-likeness (QED) is 0.758. The van der Waals surface area contributed by atoms with E-state index >= 15 is 0 Å². The molecule has 2 aromatic rings. The number of carbonyl (C=O) groups is 1. The molecule has 0 atom stereocenters. The Morgan fingerprint density at radius 3 is 2.88 bits per heavy atom. The highest BCUT2D eigenvalue weighted by atomic mass is 16.5. The van der Waals surface area contributed by atoms with Crippen LogP contribution in [0.25, 0.3) is 0 Å². The van der Waals surface area contributed by atoms with E-state index in [0.29, 0.717) is 17.2 Å². The first kappa shape index (κ1) is 11.4. The van der Waals surface area contributed by atoms with Gasteiger partial charge in [0.05, 0.1) is 12.7 Å². The first-order valence-electron chi connectivity index (χ1n) is 5.38. The van der Waals surface area contributed by atoms with Crippen molar-refractivity contribution in [2.45, 2.75) is 13.3 Å². The van der Waals surface area contributed by atoms with Gasteiger partial charge in [-0.25, -0.2) is 4.98 Å². The van der Waals surface area contributed by atoms with E-state index in [4.69, 9.17) is 9.15 Å². The summed E-state index contributed by atoms with van der Waals surface area (Å²) in [5, 5.41) is 0. The molecule has 0 aliphatic rings. The Morgan fingerprint density at radius 1 is 1.41 bits per heavy atom. The number of aryl methyl sites for hydroxylation is 1. The van der Waals surface area contributed by atoms with E-state index < -0.39 is 0 Å². The summed E-state index contributed by atoms with van der Waals surface area (Å²) in [6, 6.07) is 6.84. The number of carbonyl (C=O) groups excluding carboxylic acids is 1. The maximum Gasteiger partial charge on any atom is 0.233 e. The van der Waals surface area contributed by atoms with Gasteiger partial charge in [-0.05, 0) is 24.3 Å². The molecule has 0 unspecified atom stereocenters. The van der Waals surface area contributed by atoms with Crippen LogP contribution in [-0.2, 0) is 6.42 Å². The second-order valence-electron chi connectivity index (χ2n) is 3.51. The van der Waals surface area contributed by atoms with Gasteiger partial charge in [0, 0.05) is 12.6 Å². The zero-order chi connectivity index (χ0) is 12.3. The van der Waals surface area contributed by atoms with Gasteiger partial charge < -0.3 is 9.15 Å². The van der Waals surface area contributed by atoms with E-state index in [0.717, 1.165) is 12.2 Å². The van der Waals surface area contributed by atoms with Crippen LogP contribution in [0.3, 0.4) is 0 Å². The Morgan fingerprint density at radius 2 is 2.24 bits per heavy atom. The lowest BCUT2D eigenvalue weighted by atomic mass is 10.1. The van der Waals surface area contributed by atoms with Gasteiger partial charge in [0.15, 0.2) is 5.76 Å².